The fourth-order valence-electron chi connectivity index (χ4n) is 2.28. The number of unbranched alkanes of at least 4 members (excludes halogenated alkanes) is 1. The maximum absolute atomic E-state index is 13.2. The molecule has 3 nitrogen and oxygen atoms in total. The summed E-state index contributed by atoms with van der Waals surface area (Å²) in [5.41, 5.74) is 1.78. The largest absolute Gasteiger partial charge is 0.379 e. The number of hydrogen-bond donors (Lipinski definition) is 1. The summed E-state index contributed by atoms with van der Waals surface area (Å²) in [6, 6.07) is 4.70. The third-order valence-corrected chi connectivity index (χ3v) is 3.28. The molecule has 1 aromatic rings. The molecule has 0 spiro atoms. The number of rotatable bonds is 6. The molecule has 0 aromatic heterocycles. The van der Waals surface area contributed by atoms with Crippen molar-refractivity contribution in [1.82, 2.24) is 4.90 Å². The Bertz CT molecular complexity index is 459. The lowest BCUT2D eigenvalue weighted by Crippen LogP contribution is -2.25. The summed E-state index contributed by atoms with van der Waals surface area (Å²) in [6.45, 7) is 6.37. The van der Waals surface area contributed by atoms with Crippen molar-refractivity contribution < 1.29 is 9.13 Å². The minimum atomic E-state index is -0.268. The predicted octanol–water partition coefficient (Wildman–Crippen LogP) is 3.17. The van der Waals surface area contributed by atoms with Gasteiger partial charge in [-0.05, 0) is 44.4 Å². The summed E-state index contributed by atoms with van der Waals surface area (Å²) >= 11 is 0. The highest BCUT2D eigenvalue weighted by Gasteiger charge is 2.23. The molecular formula is C15H21FN2O. The topological polar surface area (TPSA) is 36.3 Å². The number of nitrogens with zero attached hydrogens (tertiary/aromatic N) is 1. The summed E-state index contributed by atoms with van der Waals surface area (Å²) in [5.74, 6) is 0.176. The van der Waals surface area contributed by atoms with Gasteiger partial charge in [-0.2, -0.15) is 0 Å². The van der Waals surface area contributed by atoms with Gasteiger partial charge in [0.2, 0.25) is 0 Å². The van der Waals surface area contributed by atoms with Crippen LogP contribution < -0.4 is 0 Å². The fourth-order valence-corrected chi connectivity index (χ4v) is 2.28. The van der Waals surface area contributed by atoms with Gasteiger partial charge >= 0.3 is 0 Å². The van der Waals surface area contributed by atoms with Gasteiger partial charge in [0.15, 0.2) is 0 Å². The van der Waals surface area contributed by atoms with Crippen molar-refractivity contribution in [3.05, 3.63) is 35.1 Å². The first kappa shape index (κ1) is 14.0. The van der Waals surface area contributed by atoms with Gasteiger partial charge in [-0.3, -0.25) is 5.41 Å². The molecule has 0 saturated carbocycles. The van der Waals surface area contributed by atoms with Crippen LogP contribution in [-0.2, 0) is 11.3 Å². The Morgan fingerprint density at radius 2 is 2.16 bits per heavy atom. The molecule has 0 fully saturated rings. The van der Waals surface area contributed by atoms with E-state index in [1.54, 1.807) is 6.07 Å². The van der Waals surface area contributed by atoms with Crippen LogP contribution in [0.2, 0.25) is 0 Å². The van der Waals surface area contributed by atoms with E-state index in [9.17, 15) is 4.39 Å². The van der Waals surface area contributed by atoms with E-state index in [0.29, 0.717) is 5.84 Å². The average molecular weight is 264 g/mol. The average Bonchev–Trinajstić information content (AvgIpc) is 2.66. The van der Waals surface area contributed by atoms with Crippen molar-refractivity contribution in [3.8, 4) is 0 Å². The van der Waals surface area contributed by atoms with E-state index >= 15 is 0 Å². The monoisotopic (exact) mass is 264 g/mol. The number of nitrogens with one attached hydrogen (secondary N) is 1. The molecule has 0 aliphatic carbocycles. The van der Waals surface area contributed by atoms with E-state index in [4.69, 9.17) is 10.1 Å². The van der Waals surface area contributed by atoms with E-state index in [1.807, 2.05) is 18.7 Å². The van der Waals surface area contributed by atoms with Gasteiger partial charge in [0.05, 0.1) is 6.10 Å². The molecule has 0 unspecified atom stereocenters. The highest BCUT2D eigenvalue weighted by atomic mass is 19.1. The van der Waals surface area contributed by atoms with E-state index in [2.05, 4.69) is 0 Å². The smallest absolute Gasteiger partial charge is 0.128 e. The van der Waals surface area contributed by atoms with Crippen LogP contribution in [-0.4, -0.2) is 30.0 Å². The van der Waals surface area contributed by atoms with Gasteiger partial charge in [0, 0.05) is 25.3 Å². The molecule has 1 N–H and O–H groups in total. The third-order valence-electron chi connectivity index (χ3n) is 3.28. The van der Waals surface area contributed by atoms with Crippen LogP contribution in [0.3, 0.4) is 0 Å². The van der Waals surface area contributed by atoms with Crippen LogP contribution in [0.4, 0.5) is 4.39 Å². The Labute approximate surface area is 113 Å². The standard InChI is InChI=1S/C15H21FN2O/c1-11(2)19-8-4-3-7-18-10-12-5-6-13(16)9-14(12)15(18)17/h5-6,9,11,17H,3-4,7-8,10H2,1-2H3. The summed E-state index contributed by atoms with van der Waals surface area (Å²) in [7, 11) is 0. The summed E-state index contributed by atoms with van der Waals surface area (Å²) < 4.78 is 18.6. The maximum atomic E-state index is 13.2. The Morgan fingerprint density at radius 1 is 1.37 bits per heavy atom. The van der Waals surface area contributed by atoms with Gasteiger partial charge in [-0.15, -0.1) is 0 Å². The molecule has 2 rings (SSSR count). The van der Waals surface area contributed by atoms with Crippen molar-refractivity contribution in [2.45, 2.75) is 39.3 Å². The van der Waals surface area contributed by atoms with Gasteiger partial charge < -0.3 is 9.64 Å². The number of fused-ring (bicyclic) bond motifs is 1. The lowest BCUT2D eigenvalue weighted by Gasteiger charge is -2.17. The number of amidine groups is 1. The second kappa shape index (κ2) is 6.15. The molecule has 0 radical (unpaired) electrons. The van der Waals surface area contributed by atoms with Crippen LogP contribution in [0.15, 0.2) is 18.2 Å². The quantitative estimate of drug-likeness (QED) is 0.801. The highest BCUT2D eigenvalue weighted by molar-refractivity contribution is 6.00. The molecule has 1 aliphatic heterocycles. The normalized spacial score (nSPS) is 14.3. The van der Waals surface area contributed by atoms with Crippen molar-refractivity contribution in [2.75, 3.05) is 13.2 Å². The molecule has 1 aromatic carbocycles. The van der Waals surface area contributed by atoms with Crippen molar-refractivity contribution in [2.24, 2.45) is 0 Å². The molecule has 1 aliphatic rings. The van der Waals surface area contributed by atoms with Crippen LogP contribution >= 0.6 is 0 Å². The van der Waals surface area contributed by atoms with Crippen LogP contribution in [0.1, 0.15) is 37.8 Å². The number of ether oxygens (including phenoxy) is 1. The van der Waals surface area contributed by atoms with Gasteiger partial charge in [-0.1, -0.05) is 6.07 Å². The summed E-state index contributed by atoms with van der Waals surface area (Å²) in [6.07, 6.45) is 2.26. The highest BCUT2D eigenvalue weighted by Crippen LogP contribution is 2.23. The predicted molar refractivity (Wildman–Crippen MR) is 74.0 cm³/mol. The Kier molecular flexibility index (Phi) is 4.53. The third kappa shape index (κ3) is 3.53. The molecule has 0 atom stereocenters. The zero-order valence-electron chi connectivity index (χ0n) is 11.6. The molecule has 0 bridgehead atoms. The molecule has 19 heavy (non-hydrogen) atoms. The van der Waals surface area contributed by atoms with Crippen molar-refractivity contribution in [1.29, 1.82) is 5.41 Å². The Morgan fingerprint density at radius 3 is 2.89 bits per heavy atom. The van der Waals surface area contributed by atoms with Crippen molar-refractivity contribution in [3.63, 3.8) is 0 Å². The Balaban J connectivity index is 1.80. The fraction of sp³-hybridized carbons (Fsp3) is 0.533. The van der Waals surface area contributed by atoms with Crippen LogP contribution in [0, 0.1) is 11.2 Å². The maximum Gasteiger partial charge on any atom is 0.128 e. The minimum absolute atomic E-state index is 0.268. The molecule has 0 saturated heterocycles. The minimum Gasteiger partial charge on any atom is -0.379 e. The number of halogens is 1. The summed E-state index contributed by atoms with van der Waals surface area (Å²) in [4.78, 5) is 2.00. The Hall–Kier alpha value is -1.42. The van der Waals surface area contributed by atoms with E-state index in [0.717, 1.165) is 43.7 Å². The van der Waals surface area contributed by atoms with E-state index in [1.165, 1.54) is 12.1 Å². The molecule has 1 heterocycles. The molecule has 4 heteroatoms. The van der Waals surface area contributed by atoms with E-state index < -0.39 is 0 Å². The molecule has 104 valence electrons. The van der Waals surface area contributed by atoms with Crippen molar-refractivity contribution >= 4 is 5.84 Å². The zero-order chi connectivity index (χ0) is 13.8. The number of benzene rings is 1. The lowest BCUT2D eigenvalue weighted by atomic mass is 10.1. The zero-order valence-corrected chi connectivity index (χ0v) is 11.6. The number of hydrogen-bond acceptors (Lipinski definition) is 2. The SMILES string of the molecule is CC(C)OCCCCN1Cc2ccc(F)cc2C1=N. The first-order chi connectivity index (χ1) is 9.08. The van der Waals surface area contributed by atoms with Crippen LogP contribution in [0.25, 0.3) is 0 Å². The second-order valence-electron chi connectivity index (χ2n) is 5.20. The molecule has 0 amide bonds. The second-order valence-corrected chi connectivity index (χ2v) is 5.20. The first-order valence-corrected chi connectivity index (χ1v) is 6.82. The van der Waals surface area contributed by atoms with Crippen LogP contribution in [0.5, 0.6) is 0 Å². The van der Waals surface area contributed by atoms with Gasteiger partial charge in [-0.25, -0.2) is 4.39 Å². The molecular weight excluding hydrogens is 243 g/mol. The van der Waals surface area contributed by atoms with E-state index in [-0.39, 0.29) is 11.9 Å². The lowest BCUT2D eigenvalue weighted by molar-refractivity contribution is 0.0752. The first-order valence-electron chi connectivity index (χ1n) is 6.82. The van der Waals surface area contributed by atoms with Gasteiger partial charge in [0.1, 0.15) is 11.7 Å². The summed E-state index contributed by atoms with van der Waals surface area (Å²) in [5, 5.41) is 8.06. The van der Waals surface area contributed by atoms with Gasteiger partial charge in [0.25, 0.3) is 0 Å².